The quantitative estimate of drug-likeness (QED) is 0.757. The molecule has 2 aromatic carbocycles. The van der Waals surface area contributed by atoms with E-state index in [9.17, 15) is 4.79 Å². The Morgan fingerprint density at radius 3 is 2.64 bits per heavy atom. The molecule has 0 aliphatic carbocycles. The standard InChI is InChI=1S/C21H23N3O/c1-14(2)15-9-11-16(12-10-15)21(25)24-13-5-8-19(24)20-22-17-6-3-4-7-18(17)23-20/h3-4,6-7,9-12,14,19H,5,8,13H2,1-2H3,(H,22,23)/t19-/m1/s1. The molecule has 1 amide bonds. The van der Waals surface area contributed by atoms with E-state index in [4.69, 9.17) is 4.98 Å². The molecule has 0 unspecified atom stereocenters. The molecule has 25 heavy (non-hydrogen) atoms. The molecule has 1 aromatic heterocycles. The fourth-order valence-electron chi connectivity index (χ4n) is 3.60. The Kier molecular flexibility index (Phi) is 4.04. The molecule has 1 N–H and O–H groups in total. The molecule has 0 radical (unpaired) electrons. The lowest BCUT2D eigenvalue weighted by Gasteiger charge is -2.23. The van der Waals surface area contributed by atoms with E-state index in [2.05, 4.69) is 31.0 Å². The van der Waals surface area contributed by atoms with Crippen LogP contribution in [0.1, 0.15) is 60.4 Å². The summed E-state index contributed by atoms with van der Waals surface area (Å²) >= 11 is 0. The number of benzene rings is 2. The predicted molar refractivity (Wildman–Crippen MR) is 99.6 cm³/mol. The molecule has 4 heteroatoms. The number of imidazole rings is 1. The Bertz CT molecular complexity index is 862. The molecule has 128 valence electrons. The Balaban J connectivity index is 1.61. The van der Waals surface area contributed by atoms with Crippen LogP contribution in [-0.4, -0.2) is 27.3 Å². The summed E-state index contributed by atoms with van der Waals surface area (Å²) in [6, 6.07) is 16.1. The fourth-order valence-corrected chi connectivity index (χ4v) is 3.60. The summed E-state index contributed by atoms with van der Waals surface area (Å²) in [5, 5.41) is 0. The molecule has 1 fully saturated rings. The lowest BCUT2D eigenvalue weighted by molar-refractivity contribution is 0.0730. The highest BCUT2D eigenvalue weighted by Gasteiger charge is 2.32. The van der Waals surface area contributed by atoms with Gasteiger partial charge in [-0.1, -0.05) is 38.1 Å². The van der Waals surface area contributed by atoms with Gasteiger partial charge in [0.05, 0.1) is 17.1 Å². The highest BCUT2D eigenvalue weighted by atomic mass is 16.2. The van der Waals surface area contributed by atoms with E-state index in [1.54, 1.807) is 0 Å². The van der Waals surface area contributed by atoms with Crippen LogP contribution in [0.25, 0.3) is 11.0 Å². The maximum atomic E-state index is 13.0. The van der Waals surface area contributed by atoms with E-state index in [0.717, 1.165) is 41.8 Å². The van der Waals surface area contributed by atoms with Crippen molar-refractivity contribution in [2.75, 3.05) is 6.54 Å². The average molecular weight is 333 g/mol. The molecule has 0 spiro atoms. The van der Waals surface area contributed by atoms with Crippen molar-refractivity contribution >= 4 is 16.9 Å². The van der Waals surface area contributed by atoms with Crippen LogP contribution in [0.15, 0.2) is 48.5 Å². The van der Waals surface area contributed by atoms with Crippen LogP contribution < -0.4 is 0 Å². The Morgan fingerprint density at radius 2 is 1.92 bits per heavy atom. The lowest BCUT2D eigenvalue weighted by atomic mass is 10.0. The number of hydrogen-bond acceptors (Lipinski definition) is 2. The van der Waals surface area contributed by atoms with Gasteiger partial charge in [-0.25, -0.2) is 4.98 Å². The lowest BCUT2D eigenvalue weighted by Crippen LogP contribution is -2.31. The summed E-state index contributed by atoms with van der Waals surface area (Å²) in [5.74, 6) is 1.46. The van der Waals surface area contributed by atoms with Crippen LogP contribution in [0.2, 0.25) is 0 Å². The van der Waals surface area contributed by atoms with Gasteiger partial charge >= 0.3 is 0 Å². The maximum Gasteiger partial charge on any atom is 0.254 e. The first-order valence-corrected chi connectivity index (χ1v) is 8.99. The zero-order valence-corrected chi connectivity index (χ0v) is 14.7. The molecule has 0 saturated carbocycles. The van der Waals surface area contributed by atoms with E-state index in [1.807, 2.05) is 41.3 Å². The summed E-state index contributed by atoms with van der Waals surface area (Å²) in [6.07, 6.45) is 1.97. The van der Waals surface area contributed by atoms with Gasteiger partial charge in [0.15, 0.2) is 0 Å². The number of carbonyl (C=O) groups is 1. The number of aromatic nitrogens is 2. The number of carbonyl (C=O) groups excluding carboxylic acids is 1. The van der Waals surface area contributed by atoms with Gasteiger partial charge < -0.3 is 9.88 Å². The molecule has 3 aromatic rings. The average Bonchev–Trinajstić information content (AvgIpc) is 3.27. The van der Waals surface area contributed by atoms with Crippen molar-refractivity contribution in [3.05, 3.63) is 65.5 Å². The van der Waals surface area contributed by atoms with Gasteiger partial charge in [0.25, 0.3) is 5.91 Å². The minimum absolute atomic E-state index is 0.0321. The Labute approximate surface area is 147 Å². The summed E-state index contributed by atoms with van der Waals surface area (Å²) < 4.78 is 0. The third-order valence-corrected chi connectivity index (χ3v) is 5.06. The Hall–Kier alpha value is -2.62. The summed E-state index contributed by atoms with van der Waals surface area (Å²) in [7, 11) is 0. The van der Waals surface area contributed by atoms with E-state index in [0.29, 0.717) is 5.92 Å². The maximum absolute atomic E-state index is 13.0. The third-order valence-electron chi connectivity index (χ3n) is 5.06. The zero-order valence-electron chi connectivity index (χ0n) is 14.7. The van der Waals surface area contributed by atoms with Crippen LogP contribution in [0.5, 0.6) is 0 Å². The molecule has 4 nitrogen and oxygen atoms in total. The van der Waals surface area contributed by atoms with E-state index < -0.39 is 0 Å². The Morgan fingerprint density at radius 1 is 1.16 bits per heavy atom. The number of fused-ring (bicyclic) bond motifs is 1. The minimum atomic E-state index is 0.0321. The van der Waals surface area contributed by atoms with Crippen molar-refractivity contribution in [2.24, 2.45) is 0 Å². The van der Waals surface area contributed by atoms with Gasteiger partial charge in [0.1, 0.15) is 5.82 Å². The monoisotopic (exact) mass is 333 g/mol. The van der Waals surface area contributed by atoms with E-state index >= 15 is 0 Å². The number of aromatic amines is 1. The van der Waals surface area contributed by atoms with Gasteiger partial charge in [-0.05, 0) is 48.6 Å². The first-order chi connectivity index (χ1) is 12.1. The molecular formula is C21H23N3O. The van der Waals surface area contributed by atoms with Crippen molar-refractivity contribution in [3.8, 4) is 0 Å². The number of rotatable bonds is 3. The molecule has 1 aliphatic heterocycles. The third kappa shape index (κ3) is 2.93. The van der Waals surface area contributed by atoms with E-state index in [1.165, 1.54) is 5.56 Å². The van der Waals surface area contributed by atoms with Gasteiger partial charge in [-0.3, -0.25) is 4.79 Å². The SMILES string of the molecule is CC(C)c1ccc(C(=O)N2CCC[C@@H]2c2nc3ccccc3[nH]2)cc1. The topological polar surface area (TPSA) is 49.0 Å². The van der Waals surface area contributed by atoms with Crippen LogP contribution in [-0.2, 0) is 0 Å². The van der Waals surface area contributed by atoms with Crippen molar-refractivity contribution in [1.29, 1.82) is 0 Å². The fraction of sp³-hybridized carbons (Fsp3) is 0.333. The van der Waals surface area contributed by atoms with Gasteiger partial charge in [-0.15, -0.1) is 0 Å². The highest BCUT2D eigenvalue weighted by Crippen LogP contribution is 2.32. The van der Waals surface area contributed by atoms with Crippen molar-refractivity contribution < 1.29 is 4.79 Å². The second-order valence-electron chi connectivity index (χ2n) is 7.07. The summed E-state index contributed by atoms with van der Waals surface area (Å²) in [5.41, 5.74) is 4.00. The molecule has 2 heterocycles. The number of nitrogens with zero attached hydrogens (tertiary/aromatic N) is 2. The number of H-pyrrole nitrogens is 1. The molecule has 1 atom stereocenters. The number of amides is 1. The normalized spacial score (nSPS) is 17.6. The van der Waals surface area contributed by atoms with E-state index in [-0.39, 0.29) is 11.9 Å². The van der Waals surface area contributed by atoms with Gasteiger partial charge in [-0.2, -0.15) is 0 Å². The number of likely N-dealkylation sites (tertiary alicyclic amines) is 1. The van der Waals surface area contributed by atoms with Gasteiger partial charge in [0.2, 0.25) is 0 Å². The number of hydrogen-bond donors (Lipinski definition) is 1. The number of para-hydroxylation sites is 2. The van der Waals surface area contributed by atoms with Crippen LogP contribution in [0.3, 0.4) is 0 Å². The minimum Gasteiger partial charge on any atom is -0.340 e. The molecule has 1 saturated heterocycles. The van der Waals surface area contributed by atoms with Crippen molar-refractivity contribution in [1.82, 2.24) is 14.9 Å². The highest BCUT2D eigenvalue weighted by molar-refractivity contribution is 5.94. The first-order valence-electron chi connectivity index (χ1n) is 8.99. The smallest absolute Gasteiger partial charge is 0.254 e. The van der Waals surface area contributed by atoms with Crippen molar-refractivity contribution in [2.45, 2.75) is 38.6 Å². The van der Waals surface area contributed by atoms with Crippen LogP contribution >= 0.6 is 0 Å². The molecule has 4 rings (SSSR count). The molecular weight excluding hydrogens is 310 g/mol. The predicted octanol–water partition coefficient (Wildman–Crippen LogP) is 4.66. The second-order valence-corrected chi connectivity index (χ2v) is 7.07. The van der Waals surface area contributed by atoms with Crippen LogP contribution in [0.4, 0.5) is 0 Å². The summed E-state index contributed by atoms with van der Waals surface area (Å²) in [4.78, 5) is 23.1. The summed E-state index contributed by atoms with van der Waals surface area (Å²) in [6.45, 7) is 5.11. The largest absolute Gasteiger partial charge is 0.340 e. The van der Waals surface area contributed by atoms with Gasteiger partial charge in [0, 0.05) is 12.1 Å². The first kappa shape index (κ1) is 15.9. The second kappa shape index (κ2) is 6.36. The van der Waals surface area contributed by atoms with Crippen LogP contribution in [0, 0.1) is 0 Å². The van der Waals surface area contributed by atoms with Crippen molar-refractivity contribution in [3.63, 3.8) is 0 Å². The zero-order chi connectivity index (χ0) is 17.4. The molecule has 0 bridgehead atoms. The molecule has 1 aliphatic rings. The number of nitrogens with one attached hydrogen (secondary N) is 1.